The van der Waals surface area contributed by atoms with Crippen molar-refractivity contribution >= 4 is 21.9 Å². The van der Waals surface area contributed by atoms with Gasteiger partial charge in [0.25, 0.3) is 0 Å². The molecular formula is C10H22O4S2. The Morgan fingerprint density at radius 2 is 1.88 bits per heavy atom. The maximum Gasteiger partial charge on any atom is 0.0781 e. The van der Waals surface area contributed by atoms with Crippen molar-refractivity contribution in [2.75, 3.05) is 25.6 Å². The summed E-state index contributed by atoms with van der Waals surface area (Å²) in [5.41, 5.74) is 0. The molecule has 0 saturated heterocycles. The average molecular weight is 270 g/mol. The van der Waals surface area contributed by atoms with Crippen molar-refractivity contribution < 1.29 is 19.5 Å². The van der Waals surface area contributed by atoms with Crippen LogP contribution in [-0.2, 0) is 4.74 Å². The third-order valence-corrected chi connectivity index (χ3v) is 3.42. The van der Waals surface area contributed by atoms with Gasteiger partial charge in [-0.05, 0) is 19.3 Å². The zero-order valence-electron chi connectivity index (χ0n) is 9.51. The highest BCUT2D eigenvalue weighted by Crippen LogP contribution is 2.17. The first-order valence-electron chi connectivity index (χ1n) is 5.61. The third kappa shape index (κ3) is 12.6. The fourth-order valence-corrected chi connectivity index (χ4v) is 2.15. The summed E-state index contributed by atoms with van der Waals surface area (Å²) in [5, 5.41) is 18.0. The highest BCUT2D eigenvalue weighted by atomic mass is 33.1. The summed E-state index contributed by atoms with van der Waals surface area (Å²) in [5.74, 6) is 0.724. The summed E-state index contributed by atoms with van der Waals surface area (Å²) in [4.78, 5) is 0. The highest BCUT2D eigenvalue weighted by Gasteiger charge is 2.03. The second-order valence-corrected chi connectivity index (χ2v) is 5.50. The lowest BCUT2D eigenvalue weighted by atomic mass is 10.2. The molecule has 0 aromatic rings. The van der Waals surface area contributed by atoms with Crippen LogP contribution in [0.25, 0.3) is 0 Å². The number of hydrogen-bond acceptors (Lipinski definition) is 6. The van der Waals surface area contributed by atoms with Gasteiger partial charge in [-0.1, -0.05) is 23.6 Å². The molecule has 0 aromatic carbocycles. The maximum absolute atomic E-state index is 9.45. The van der Waals surface area contributed by atoms with E-state index < -0.39 is 6.10 Å². The van der Waals surface area contributed by atoms with Gasteiger partial charge in [-0.15, -0.1) is 0 Å². The predicted octanol–water partition coefficient (Wildman–Crippen LogP) is 2.16. The lowest BCUT2D eigenvalue weighted by Crippen LogP contribution is -2.16. The summed E-state index contributed by atoms with van der Waals surface area (Å²) in [6.07, 6.45) is 4.15. The molecule has 3 N–H and O–H groups in total. The maximum atomic E-state index is 9.45. The zero-order chi connectivity index (χ0) is 12.1. The van der Waals surface area contributed by atoms with Crippen molar-refractivity contribution in [2.24, 2.45) is 0 Å². The van der Waals surface area contributed by atoms with Crippen molar-refractivity contribution in [3.05, 3.63) is 0 Å². The van der Waals surface area contributed by atoms with Gasteiger partial charge in [-0.25, -0.2) is 0 Å². The second-order valence-electron chi connectivity index (χ2n) is 3.55. The molecule has 1 unspecified atom stereocenters. The molecule has 0 heterocycles. The van der Waals surface area contributed by atoms with Gasteiger partial charge in [0, 0.05) is 19.0 Å². The van der Waals surface area contributed by atoms with Crippen LogP contribution in [0, 0.1) is 0 Å². The normalized spacial score (nSPS) is 12.9. The van der Waals surface area contributed by atoms with Crippen LogP contribution < -0.4 is 0 Å². The summed E-state index contributed by atoms with van der Waals surface area (Å²) >= 11 is 0.727. The van der Waals surface area contributed by atoms with Crippen LogP contribution in [0.5, 0.6) is 0 Å². The van der Waals surface area contributed by atoms with Crippen LogP contribution in [0.4, 0.5) is 0 Å². The minimum Gasteiger partial charge on any atom is -0.396 e. The van der Waals surface area contributed by atoms with Crippen molar-refractivity contribution in [1.82, 2.24) is 0 Å². The quantitative estimate of drug-likeness (QED) is 0.287. The molecule has 0 bridgehead atoms. The Balaban J connectivity index is 3.06. The van der Waals surface area contributed by atoms with Crippen LogP contribution in [0.1, 0.15) is 32.1 Å². The van der Waals surface area contributed by atoms with Crippen LogP contribution in [-0.4, -0.2) is 46.4 Å². The van der Waals surface area contributed by atoms with Crippen molar-refractivity contribution in [3.8, 4) is 0 Å². The van der Waals surface area contributed by atoms with E-state index in [2.05, 4.69) is 0 Å². The molecule has 4 nitrogen and oxygen atoms in total. The molecular weight excluding hydrogens is 248 g/mol. The monoisotopic (exact) mass is 270 g/mol. The summed E-state index contributed by atoms with van der Waals surface area (Å²) in [7, 11) is 1.32. The minimum atomic E-state index is -0.433. The van der Waals surface area contributed by atoms with Gasteiger partial charge in [0.2, 0.25) is 0 Å². The predicted molar refractivity (Wildman–Crippen MR) is 69.7 cm³/mol. The lowest BCUT2D eigenvalue weighted by molar-refractivity contribution is 0.0340. The number of hydrogen-bond donors (Lipinski definition) is 3. The van der Waals surface area contributed by atoms with E-state index in [4.69, 9.17) is 14.4 Å². The van der Waals surface area contributed by atoms with Crippen molar-refractivity contribution in [1.29, 1.82) is 0 Å². The zero-order valence-corrected chi connectivity index (χ0v) is 11.1. The smallest absolute Gasteiger partial charge is 0.0781 e. The van der Waals surface area contributed by atoms with E-state index in [1.807, 2.05) is 0 Å². The van der Waals surface area contributed by atoms with E-state index >= 15 is 0 Å². The molecule has 0 aliphatic rings. The molecule has 1 atom stereocenters. The molecule has 0 aliphatic heterocycles. The lowest BCUT2D eigenvalue weighted by Gasteiger charge is -2.10. The number of aliphatic hydroxyl groups excluding tert-OH is 2. The van der Waals surface area contributed by atoms with E-state index in [9.17, 15) is 5.11 Å². The van der Waals surface area contributed by atoms with E-state index in [1.54, 1.807) is 0 Å². The Morgan fingerprint density at radius 1 is 1.12 bits per heavy atom. The highest BCUT2D eigenvalue weighted by molar-refractivity contribution is 8.74. The minimum absolute atomic E-state index is 0.264. The molecule has 0 fully saturated rings. The van der Waals surface area contributed by atoms with Gasteiger partial charge in [-0.3, -0.25) is 0 Å². The van der Waals surface area contributed by atoms with Crippen molar-refractivity contribution in [3.63, 3.8) is 0 Å². The Kier molecular flexibility index (Phi) is 14.1. The summed E-state index contributed by atoms with van der Waals surface area (Å²) in [6.45, 7) is 1.31. The summed E-state index contributed by atoms with van der Waals surface area (Å²) < 4.78 is 13.8. The van der Waals surface area contributed by atoms with Crippen LogP contribution in [0.2, 0.25) is 0 Å². The standard InChI is InChI=1S/C10H22O4S2/c11-6-3-1-2-4-7-14-9-10(12)5-8-15-16-13/h10-13H,1-9H2. The Bertz CT molecular complexity index is 138. The van der Waals surface area contributed by atoms with E-state index in [1.165, 1.54) is 10.8 Å². The van der Waals surface area contributed by atoms with Crippen LogP contribution in [0.15, 0.2) is 0 Å². The van der Waals surface area contributed by atoms with Crippen LogP contribution >= 0.6 is 21.9 Å². The average Bonchev–Trinajstić information content (AvgIpc) is 2.28. The first kappa shape index (κ1) is 16.5. The van der Waals surface area contributed by atoms with Gasteiger partial charge in [0.1, 0.15) is 0 Å². The Labute approximate surface area is 105 Å². The fraction of sp³-hybridized carbons (Fsp3) is 1.00. The fourth-order valence-electron chi connectivity index (χ4n) is 1.19. The molecule has 98 valence electrons. The number of unbranched alkanes of at least 4 members (excludes halogenated alkanes) is 3. The van der Waals surface area contributed by atoms with Crippen LogP contribution in [0.3, 0.4) is 0 Å². The number of aliphatic hydroxyl groups is 2. The molecule has 0 saturated carbocycles. The number of ether oxygens (including phenoxy) is 1. The topological polar surface area (TPSA) is 69.9 Å². The largest absolute Gasteiger partial charge is 0.396 e. The third-order valence-electron chi connectivity index (χ3n) is 2.09. The first-order chi connectivity index (χ1) is 7.81. The van der Waals surface area contributed by atoms with E-state index in [-0.39, 0.29) is 6.61 Å². The van der Waals surface area contributed by atoms with Gasteiger partial charge in [-0.2, -0.15) is 0 Å². The van der Waals surface area contributed by atoms with Gasteiger partial charge < -0.3 is 19.5 Å². The van der Waals surface area contributed by atoms with Gasteiger partial charge >= 0.3 is 0 Å². The second kappa shape index (κ2) is 13.6. The molecule has 0 spiro atoms. The number of rotatable bonds is 12. The Morgan fingerprint density at radius 3 is 2.56 bits per heavy atom. The summed E-state index contributed by atoms with van der Waals surface area (Å²) in [6, 6.07) is 0. The van der Waals surface area contributed by atoms with Crippen molar-refractivity contribution in [2.45, 2.75) is 38.2 Å². The molecule has 0 radical (unpaired) electrons. The molecule has 16 heavy (non-hydrogen) atoms. The molecule has 0 aromatic heterocycles. The van der Waals surface area contributed by atoms with Gasteiger partial charge in [0.15, 0.2) is 0 Å². The Hall–Kier alpha value is 0.540. The molecule has 0 amide bonds. The molecule has 6 heteroatoms. The van der Waals surface area contributed by atoms with E-state index in [0.717, 1.165) is 42.5 Å². The van der Waals surface area contributed by atoms with Gasteiger partial charge in [0.05, 0.1) is 23.8 Å². The molecule has 0 rings (SSSR count). The van der Waals surface area contributed by atoms with E-state index in [0.29, 0.717) is 19.6 Å². The SMILES string of the molecule is OCCCCCCOCC(O)CCSSO. The molecule has 0 aliphatic carbocycles. The first-order valence-corrected chi connectivity index (χ1v) is 7.88.